The molecule has 0 radical (unpaired) electrons. The molecule has 2 aromatic rings. The Bertz CT molecular complexity index is 496. The van der Waals surface area contributed by atoms with Gasteiger partial charge in [0.1, 0.15) is 11.6 Å². The monoisotopic (exact) mass is 205 g/mol. The summed E-state index contributed by atoms with van der Waals surface area (Å²) < 4.78 is 18.3. The summed E-state index contributed by atoms with van der Waals surface area (Å²) in [5.41, 5.74) is 6.49. The van der Waals surface area contributed by atoms with Crippen LogP contribution in [0.25, 0.3) is 10.8 Å². The number of nitrogens with two attached hydrogens (primary N) is 1. The topological polar surface area (TPSA) is 35.2 Å². The van der Waals surface area contributed by atoms with Gasteiger partial charge in [-0.2, -0.15) is 0 Å². The highest BCUT2D eigenvalue weighted by atomic mass is 19.1. The first-order valence-electron chi connectivity index (χ1n) is 4.71. The predicted molar refractivity (Wildman–Crippen MR) is 58.3 cm³/mol. The van der Waals surface area contributed by atoms with Crippen molar-refractivity contribution >= 4 is 10.8 Å². The van der Waals surface area contributed by atoms with Crippen LogP contribution in [0.1, 0.15) is 5.56 Å². The number of methoxy groups -OCH3 is 1. The molecule has 3 heteroatoms. The van der Waals surface area contributed by atoms with Crippen molar-refractivity contribution in [2.45, 2.75) is 6.54 Å². The van der Waals surface area contributed by atoms with Gasteiger partial charge in [-0.3, -0.25) is 0 Å². The Hall–Kier alpha value is -1.61. The average molecular weight is 205 g/mol. The van der Waals surface area contributed by atoms with Crippen LogP contribution in [-0.2, 0) is 6.54 Å². The highest BCUT2D eigenvalue weighted by Crippen LogP contribution is 2.27. The second-order valence-corrected chi connectivity index (χ2v) is 3.37. The van der Waals surface area contributed by atoms with Crippen molar-refractivity contribution in [3.63, 3.8) is 0 Å². The number of benzene rings is 2. The molecule has 0 bridgehead atoms. The standard InChI is InChI=1S/C12H12FNO/c1-15-12-5-8(7-14)4-9-6-10(13)2-3-11(9)12/h2-6H,7,14H2,1H3. The molecule has 0 aliphatic rings. The first-order valence-corrected chi connectivity index (χ1v) is 4.71. The van der Waals surface area contributed by atoms with Gasteiger partial charge in [-0.15, -0.1) is 0 Å². The molecule has 0 heterocycles. The molecule has 0 fully saturated rings. The van der Waals surface area contributed by atoms with Crippen LogP contribution in [0.3, 0.4) is 0 Å². The fraction of sp³-hybridized carbons (Fsp3) is 0.167. The van der Waals surface area contributed by atoms with E-state index in [4.69, 9.17) is 10.5 Å². The SMILES string of the molecule is COc1cc(CN)cc2cc(F)ccc12. The summed E-state index contributed by atoms with van der Waals surface area (Å²) in [5.74, 6) is 0.478. The summed E-state index contributed by atoms with van der Waals surface area (Å²) in [6.07, 6.45) is 0. The lowest BCUT2D eigenvalue weighted by Gasteiger charge is -2.08. The summed E-state index contributed by atoms with van der Waals surface area (Å²) in [7, 11) is 1.60. The third kappa shape index (κ3) is 1.78. The molecule has 0 saturated carbocycles. The van der Waals surface area contributed by atoms with Crippen molar-refractivity contribution in [2.75, 3.05) is 7.11 Å². The second kappa shape index (κ2) is 3.87. The first-order chi connectivity index (χ1) is 7.24. The van der Waals surface area contributed by atoms with Crippen LogP contribution in [0.4, 0.5) is 4.39 Å². The Balaban J connectivity index is 2.74. The quantitative estimate of drug-likeness (QED) is 0.817. The van der Waals surface area contributed by atoms with Crippen molar-refractivity contribution < 1.29 is 9.13 Å². The fourth-order valence-electron chi connectivity index (χ4n) is 1.65. The Labute approximate surface area is 87.5 Å². The van der Waals surface area contributed by atoms with Gasteiger partial charge in [-0.25, -0.2) is 4.39 Å². The number of halogens is 1. The Morgan fingerprint density at radius 2 is 2.07 bits per heavy atom. The first kappa shape index (κ1) is 9.93. The van der Waals surface area contributed by atoms with Crippen LogP contribution in [0, 0.1) is 5.82 Å². The van der Waals surface area contributed by atoms with Gasteiger partial charge < -0.3 is 10.5 Å². The minimum absolute atomic E-state index is 0.251. The number of hydrogen-bond donors (Lipinski definition) is 1. The highest BCUT2D eigenvalue weighted by Gasteiger charge is 2.04. The molecule has 0 aliphatic heterocycles. The summed E-state index contributed by atoms with van der Waals surface area (Å²) in [4.78, 5) is 0. The smallest absolute Gasteiger partial charge is 0.127 e. The van der Waals surface area contributed by atoms with E-state index in [-0.39, 0.29) is 5.82 Å². The van der Waals surface area contributed by atoms with E-state index in [1.165, 1.54) is 12.1 Å². The maximum Gasteiger partial charge on any atom is 0.127 e. The van der Waals surface area contributed by atoms with Gasteiger partial charge in [0.05, 0.1) is 7.11 Å². The van der Waals surface area contributed by atoms with Gasteiger partial charge in [-0.05, 0) is 41.3 Å². The molecule has 0 unspecified atom stereocenters. The second-order valence-electron chi connectivity index (χ2n) is 3.37. The Kier molecular flexibility index (Phi) is 2.56. The molecule has 15 heavy (non-hydrogen) atoms. The lowest BCUT2D eigenvalue weighted by atomic mass is 10.1. The zero-order valence-corrected chi connectivity index (χ0v) is 8.46. The van der Waals surface area contributed by atoms with E-state index in [1.807, 2.05) is 12.1 Å². The molecule has 2 aromatic carbocycles. The van der Waals surface area contributed by atoms with Crippen LogP contribution in [0.5, 0.6) is 5.75 Å². The Morgan fingerprint density at radius 1 is 1.27 bits per heavy atom. The van der Waals surface area contributed by atoms with Crippen LogP contribution in [-0.4, -0.2) is 7.11 Å². The van der Waals surface area contributed by atoms with Crippen molar-refractivity contribution in [1.82, 2.24) is 0 Å². The molecule has 0 amide bonds. The van der Waals surface area contributed by atoms with Crippen LogP contribution < -0.4 is 10.5 Å². The number of fused-ring (bicyclic) bond motifs is 1. The largest absolute Gasteiger partial charge is 0.496 e. The van der Waals surface area contributed by atoms with E-state index in [9.17, 15) is 4.39 Å². The van der Waals surface area contributed by atoms with Crippen molar-refractivity contribution in [3.8, 4) is 5.75 Å². The minimum atomic E-state index is -0.251. The molecule has 2 N–H and O–H groups in total. The Morgan fingerprint density at radius 3 is 2.73 bits per heavy atom. The van der Waals surface area contributed by atoms with E-state index in [0.717, 1.165) is 22.1 Å². The van der Waals surface area contributed by atoms with Gasteiger partial charge in [0.25, 0.3) is 0 Å². The van der Waals surface area contributed by atoms with Crippen molar-refractivity contribution in [2.24, 2.45) is 5.73 Å². The molecular formula is C12H12FNO. The lowest BCUT2D eigenvalue weighted by molar-refractivity contribution is 0.419. The van der Waals surface area contributed by atoms with Gasteiger partial charge in [0.2, 0.25) is 0 Å². The minimum Gasteiger partial charge on any atom is -0.496 e. The van der Waals surface area contributed by atoms with E-state index in [0.29, 0.717) is 6.54 Å². The van der Waals surface area contributed by atoms with Crippen molar-refractivity contribution in [1.29, 1.82) is 0 Å². The lowest BCUT2D eigenvalue weighted by Crippen LogP contribution is -1.97. The number of rotatable bonds is 2. The number of ether oxygens (including phenoxy) is 1. The van der Waals surface area contributed by atoms with Crippen LogP contribution >= 0.6 is 0 Å². The van der Waals surface area contributed by atoms with Crippen LogP contribution in [0.15, 0.2) is 30.3 Å². The maximum atomic E-state index is 13.0. The summed E-state index contributed by atoms with van der Waals surface area (Å²) in [6, 6.07) is 8.37. The molecule has 0 aliphatic carbocycles. The molecule has 0 aromatic heterocycles. The predicted octanol–water partition coefficient (Wildman–Crippen LogP) is 2.45. The van der Waals surface area contributed by atoms with Gasteiger partial charge in [0, 0.05) is 11.9 Å². The van der Waals surface area contributed by atoms with E-state index < -0.39 is 0 Å². The normalized spacial score (nSPS) is 10.6. The van der Waals surface area contributed by atoms with Crippen molar-refractivity contribution in [3.05, 3.63) is 41.7 Å². The van der Waals surface area contributed by atoms with Crippen LogP contribution in [0.2, 0.25) is 0 Å². The summed E-state index contributed by atoms with van der Waals surface area (Å²) in [6.45, 7) is 0.419. The van der Waals surface area contributed by atoms with Gasteiger partial charge in [0.15, 0.2) is 0 Å². The molecule has 2 nitrogen and oxygen atoms in total. The molecule has 0 spiro atoms. The molecular weight excluding hydrogens is 193 g/mol. The average Bonchev–Trinajstić information content (AvgIpc) is 2.26. The van der Waals surface area contributed by atoms with E-state index in [2.05, 4.69) is 0 Å². The molecule has 78 valence electrons. The summed E-state index contributed by atoms with van der Waals surface area (Å²) >= 11 is 0. The van der Waals surface area contributed by atoms with Gasteiger partial charge in [-0.1, -0.05) is 0 Å². The maximum absolute atomic E-state index is 13.0. The van der Waals surface area contributed by atoms with Gasteiger partial charge >= 0.3 is 0 Å². The third-order valence-corrected chi connectivity index (χ3v) is 2.39. The zero-order valence-electron chi connectivity index (χ0n) is 8.46. The fourth-order valence-corrected chi connectivity index (χ4v) is 1.65. The molecule has 0 saturated heterocycles. The number of hydrogen-bond acceptors (Lipinski definition) is 2. The molecule has 0 atom stereocenters. The highest BCUT2D eigenvalue weighted by molar-refractivity contribution is 5.89. The van der Waals surface area contributed by atoms with E-state index in [1.54, 1.807) is 13.2 Å². The summed E-state index contributed by atoms with van der Waals surface area (Å²) in [5, 5.41) is 1.71. The zero-order chi connectivity index (χ0) is 10.8. The molecule has 2 rings (SSSR count). The van der Waals surface area contributed by atoms with E-state index >= 15 is 0 Å². The third-order valence-electron chi connectivity index (χ3n) is 2.39.